The van der Waals surface area contributed by atoms with Crippen molar-refractivity contribution in [2.24, 2.45) is 0 Å². The summed E-state index contributed by atoms with van der Waals surface area (Å²) in [6.07, 6.45) is 0.418. The van der Waals surface area contributed by atoms with Crippen LogP contribution in [0.5, 0.6) is 0 Å². The molecule has 2 amide bonds. The van der Waals surface area contributed by atoms with E-state index in [0.717, 1.165) is 11.3 Å². The van der Waals surface area contributed by atoms with Crippen molar-refractivity contribution < 1.29 is 19.1 Å². The largest absolute Gasteiger partial charge is 0.444 e. The number of hydrogen-bond donors (Lipinski definition) is 1. The number of ether oxygens (including phenoxy) is 2. The first-order valence-corrected chi connectivity index (χ1v) is 9.95. The van der Waals surface area contributed by atoms with Crippen LogP contribution in [0.2, 0.25) is 0 Å². The van der Waals surface area contributed by atoms with Gasteiger partial charge in [-0.05, 0) is 45.4 Å². The standard InChI is InChI=1S/C23H31N3O4/c1-17(25-22(28)30-23(2,3)4)15-26(16-19-13-9-10-14-24-19)21(27)20(29-5)18-11-7-6-8-12-18/h6-14,17,20H,15-16H2,1-5H3,(H,25,28)/t17-,20-/m1/s1. The Morgan fingerprint density at radius 3 is 2.33 bits per heavy atom. The maximum absolute atomic E-state index is 13.4. The molecule has 0 radical (unpaired) electrons. The van der Waals surface area contributed by atoms with Gasteiger partial charge in [-0.15, -0.1) is 0 Å². The summed E-state index contributed by atoms with van der Waals surface area (Å²) in [5.41, 5.74) is 0.920. The second-order valence-electron chi connectivity index (χ2n) is 8.11. The van der Waals surface area contributed by atoms with Crippen LogP contribution in [0, 0.1) is 0 Å². The minimum Gasteiger partial charge on any atom is -0.444 e. The Labute approximate surface area is 178 Å². The van der Waals surface area contributed by atoms with E-state index in [1.165, 1.54) is 7.11 Å². The van der Waals surface area contributed by atoms with Crippen LogP contribution in [0.25, 0.3) is 0 Å². The molecule has 0 bridgehead atoms. The van der Waals surface area contributed by atoms with E-state index < -0.39 is 17.8 Å². The highest BCUT2D eigenvalue weighted by molar-refractivity contribution is 5.82. The summed E-state index contributed by atoms with van der Waals surface area (Å²) >= 11 is 0. The molecule has 0 fully saturated rings. The van der Waals surface area contributed by atoms with Crippen molar-refractivity contribution >= 4 is 12.0 Å². The summed E-state index contributed by atoms with van der Waals surface area (Å²) in [5, 5.41) is 2.79. The lowest BCUT2D eigenvalue weighted by molar-refractivity contribution is -0.143. The molecule has 0 aliphatic rings. The Morgan fingerprint density at radius 1 is 1.10 bits per heavy atom. The van der Waals surface area contributed by atoms with E-state index in [2.05, 4.69) is 10.3 Å². The molecule has 1 aromatic carbocycles. The molecule has 0 saturated carbocycles. The van der Waals surface area contributed by atoms with Crippen molar-refractivity contribution in [3.63, 3.8) is 0 Å². The van der Waals surface area contributed by atoms with E-state index in [0.29, 0.717) is 6.54 Å². The predicted molar refractivity (Wildman–Crippen MR) is 115 cm³/mol. The molecule has 0 spiro atoms. The Kier molecular flexibility index (Phi) is 8.35. The third-order valence-electron chi connectivity index (χ3n) is 4.21. The van der Waals surface area contributed by atoms with Gasteiger partial charge < -0.3 is 19.7 Å². The third kappa shape index (κ3) is 7.48. The number of aromatic nitrogens is 1. The Bertz CT molecular complexity index is 806. The summed E-state index contributed by atoms with van der Waals surface area (Å²) in [5.74, 6) is -0.202. The van der Waals surface area contributed by atoms with E-state index in [9.17, 15) is 9.59 Å². The average molecular weight is 414 g/mol. The van der Waals surface area contributed by atoms with E-state index in [-0.39, 0.29) is 18.5 Å². The van der Waals surface area contributed by atoms with Crippen LogP contribution in [0.3, 0.4) is 0 Å². The van der Waals surface area contributed by atoms with Gasteiger partial charge in [0.1, 0.15) is 5.60 Å². The molecule has 1 N–H and O–H groups in total. The van der Waals surface area contributed by atoms with Gasteiger partial charge in [0, 0.05) is 25.9 Å². The molecule has 0 unspecified atom stereocenters. The molecule has 2 aromatic rings. The Hall–Kier alpha value is -2.93. The van der Waals surface area contributed by atoms with Gasteiger partial charge in [0.05, 0.1) is 12.2 Å². The van der Waals surface area contributed by atoms with Gasteiger partial charge in [-0.2, -0.15) is 0 Å². The van der Waals surface area contributed by atoms with Gasteiger partial charge in [0.2, 0.25) is 0 Å². The quantitative estimate of drug-likeness (QED) is 0.714. The maximum atomic E-state index is 13.4. The molecule has 1 heterocycles. The fraction of sp³-hybridized carbons (Fsp3) is 0.435. The smallest absolute Gasteiger partial charge is 0.407 e. The minimum absolute atomic E-state index is 0.202. The first-order valence-electron chi connectivity index (χ1n) is 9.95. The number of alkyl carbamates (subject to hydrolysis) is 1. The fourth-order valence-corrected chi connectivity index (χ4v) is 2.98. The number of carbonyl (C=O) groups is 2. The van der Waals surface area contributed by atoms with Crippen molar-refractivity contribution in [3.05, 3.63) is 66.0 Å². The number of benzene rings is 1. The second-order valence-corrected chi connectivity index (χ2v) is 8.11. The van der Waals surface area contributed by atoms with Crippen LogP contribution in [-0.4, -0.2) is 47.2 Å². The molecule has 7 heteroatoms. The summed E-state index contributed by atoms with van der Waals surface area (Å²) in [6.45, 7) is 7.81. The number of pyridine rings is 1. The lowest BCUT2D eigenvalue weighted by Crippen LogP contribution is -2.46. The molecule has 30 heavy (non-hydrogen) atoms. The van der Waals surface area contributed by atoms with Crippen molar-refractivity contribution in [1.29, 1.82) is 0 Å². The molecule has 1 aromatic heterocycles. The Morgan fingerprint density at radius 2 is 1.77 bits per heavy atom. The summed E-state index contributed by atoms with van der Waals surface area (Å²) < 4.78 is 10.8. The number of amides is 2. The van der Waals surface area contributed by atoms with E-state index in [1.807, 2.05) is 55.5 Å². The van der Waals surface area contributed by atoms with Gasteiger partial charge in [0.25, 0.3) is 5.91 Å². The highest BCUT2D eigenvalue weighted by atomic mass is 16.6. The monoisotopic (exact) mass is 413 g/mol. The van der Waals surface area contributed by atoms with Crippen LogP contribution >= 0.6 is 0 Å². The lowest BCUT2D eigenvalue weighted by Gasteiger charge is -2.30. The summed E-state index contributed by atoms with van der Waals surface area (Å²) in [6, 6.07) is 14.6. The SMILES string of the molecule is CO[C@@H](C(=O)N(Cc1ccccn1)C[C@@H](C)NC(=O)OC(C)(C)C)c1ccccc1. The second kappa shape index (κ2) is 10.7. The van der Waals surface area contributed by atoms with Crippen LogP contribution in [0.1, 0.15) is 45.1 Å². The number of hydrogen-bond acceptors (Lipinski definition) is 5. The van der Waals surface area contributed by atoms with Crippen molar-refractivity contribution in [1.82, 2.24) is 15.2 Å². The van der Waals surface area contributed by atoms with Gasteiger partial charge in [0.15, 0.2) is 6.10 Å². The molecule has 0 aliphatic heterocycles. The van der Waals surface area contributed by atoms with E-state index >= 15 is 0 Å². The zero-order valence-corrected chi connectivity index (χ0v) is 18.3. The molecule has 0 saturated heterocycles. The van der Waals surface area contributed by atoms with Crippen molar-refractivity contribution in [3.8, 4) is 0 Å². The molecule has 7 nitrogen and oxygen atoms in total. The van der Waals surface area contributed by atoms with E-state index in [1.54, 1.807) is 31.9 Å². The molecular weight excluding hydrogens is 382 g/mol. The van der Waals surface area contributed by atoms with Gasteiger partial charge in [-0.1, -0.05) is 36.4 Å². The van der Waals surface area contributed by atoms with Crippen LogP contribution in [0.4, 0.5) is 4.79 Å². The fourth-order valence-electron chi connectivity index (χ4n) is 2.98. The summed E-state index contributed by atoms with van der Waals surface area (Å²) in [7, 11) is 1.51. The van der Waals surface area contributed by atoms with Crippen LogP contribution in [-0.2, 0) is 20.8 Å². The zero-order chi connectivity index (χ0) is 22.1. The van der Waals surface area contributed by atoms with Crippen LogP contribution in [0.15, 0.2) is 54.7 Å². The van der Waals surface area contributed by atoms with Gasteiger partial charge >= 0.3 is 6.09 Å². The minimum atomic E-state index is -0.747. The first-order chi connectivity index (χ1) is 14.2. The molecule has 162 valence electrons. The predicted octanol–water partition coefficient (Wildman–Crippen LogP) is 3.71. The van der Waals surface area contributed by atoms with Gasteiger partial charge in [-0.3, -0.25) is 9.78 Å². The number of nitrogens with zero attached hydrogens (tertiary/aromatic N) is 2. The number of carbonyl (C=O) groups excluding carboxylic acids is 2. The summed E-state index contributed by atoms with van der Waals surface area (Å²) in [4.78, 5) is 31.4. The van der Waals surface area contributed by atoms with Crippen molar-refractivity contribution in [2.45, 2.75) is 52.0 Å². The number of nitrogens with one attached hydrogen (secondary N) is 1. The molecule has 2 atom stereocenters. The molecule has 0 aliphatic carbocycles. The zero-order valence-electron chi connectivity index (χ0n) is 18.3. The van der Waals surface area contributed by atoms with E-state index in [4.69, 9.17) is 9.47 Å². The first kappa shape index (κ1) is 23.3. The number of methoxy groups -OCH3 is 1. The maximum Gasteiger partial charge on any atom is 0.407 e. The van der Waals surface area contributed by atoms with Crippen molar-refractivity contribution in [2.75, 3.05) is 13.7 Å². The molecule has 2 rings (SSSR count). The van der Waals surface area contributed by atoms with Crippen LogP contribution < -0.4 is 5.32 Å². The Balaban J connectivity index is 2.17. The topological polar surface area (TPSA) is 80.8 Å². The highest BCUT2D eigenvalue weighted by Gasteiger charge is 2.28. The highest BCUT2D eigenvalue weighted by Crippen LogP contribution is 2.20. The molecular formula is C23H31N3O4. The lowest BCUT2D eigenvalue weighted by atomic mass is 10.1. The number of rotatable bonds is 8. The average Bonchev–Trinajstić information content (AvgIpc) is 2.68. The third-order valence-corrected chi connectivity index (χ3v) is 4.21. The normalized spacial score (nSPS) is 13.2. The van der Waals surface area contributed by atoms with Gasteiger partial charge in [-0.25, -0.2) is 4.79 Å².